The van der Waals surface area contributed by atoms with Crippen LogP contribution >= 0.6 is 23.2 Å². The lowest BCUT2D eigenvalue weighted by Crippen LogP contribution is -1.99. The number of phenolic OH excluding ortho intramolecular Hbond substituents is 2. The van der Waals surface area contributed by atoms with Crippen LogP contribution in [0.4, 0.5) is 0 Å². The van der Waals surface area contributed by atoms with E-state index < -0.39 is 0 Å². The summed E-state index contributed by atoms with van der Waals surface area (Å²) in [6.45, 7) is 2.06. The fourth-order valence-corrected chi connectivity index (χ4v) is 2.52. The highest BCUT2D eigenvalue weighted by atomic mass is 35.5. The quantitative estimate of drug-likeness (QED) is 0.841. The van der Waals surface area contributed by atoms with Crippen LogP contribution in [0.3, 0.4) is 0 Å². The first-order valence-electron chi connectivity index (χ1n) is 5.99. The van der Waals surface area contributed by atoms with Crippen LogP contribution in [-0.2, 0) is 0 Å². The van der Waals surface area contributed by atoms with Gasteiger partial charge in [-0.1, -0.05) is 42.3 Å². The molecule has 0 atom stereocenters. The molecule has 0 aliphatic carbocycles. The molecule has 19 heavy (non-hydrogen) atoms. The van der Waals surface area contributed by atoms with Crippen LogP contribution in [0.25, 0.3) is 0 Å². The molecule has 0 saturated heterocycles. The van der Waals surface area contributed by atoms with Crippen LogP contribution in [0.15, 0.2) is 36.4 Å². The molecule has 0 bridgehead atoms. The highest BCUT2D eigenvalue weighted by Gasteiger charge is 2.15. The first-order chi connectivity index (χ1) is 9.02. The molecular weight excluding hydrogens is 283 g/mol. The first kappa shape index (κ1) is 14.0. The number of rotatable bonds is 3. The predicted molar refractivity (Wildman–Crippen MR) is 78.4 cm³/mol. The monoisotopic (exact) mass is 296 g/mol. The molecule has 2 aromatic carbocycles. The summed E-state index contributed by atoms with van der Waals surface area (Å²) < 4.78 is 0. The minimum absolute atomic E-state index is 0.0732. The molecule has 0 saturated carbocycles. The minimum atomic E-state index is 0.0732. The van der Waals surface area contributed by atoms with Gasteiger partial charge < -0.3 is 10.2 Å². The molecule has 2 N–H and O–H groups in total. The summed E-state index contributed by atoms with van der Waals surface area (Å²) in [6, 6.07) is 10.4. The SMILES string of the molecule is CCC(c1ccc(O)c(Cl)c1)c1ccc(O)c(Cl)c1. The Hall–Kier alpha value is -1.38. The van der Waals surface area contributed by atoms with Crippen molar-refractivity contribution in [2.75, 3.05) is 0 Å². The maximum atomic E-state index is 9.46. The maximum Gasteiger partial charge on any atom is 0.134 e. The molecule has 100 valence electrons. The summed E-state index contributed by atoms with van der Waals surface area (Å²) in [6.07, 6.45) is 0.863. The Balaban J connectivity index is 2.43. The molecule has 0 aliphatic rings. The summed E-state index contributed by atoms with van der Waals surface area (Å²) in [5, 5.41) is 19.6. The van der Waals surface area contributed by atoms with E-state index in [1.807, 2.05) is 12.1 Å². The average Bonchev–Trinajstić information content (AvgIpc) is 2.39. The predicted octanol–water partition coefficient (Wildman–Crippen LogP) is 4.95. The van der Waals surface area contributed by atoms with Gasteiger partial charge in [-0.05, 0) is 41.8 Å². The zero-order chi connectivity index (χ0) is 14.0. The van der Waals surface area contributed by atoms with Crippen molar-refractivity contribution in [1.82, 2.24) is 0 Å². The van der Waals surface area contributed by atoms with Crippen molar-refractivity contribution in [3.63, 3.8) is 0 Å². The van der Waals surface area contributed by atoms with Gasteiger partial charge in [-0.25, -0.2) is 0 Å². The highest BCUT2D eigenvalue weighted by Crippen LogP contribution is 2.35. The van der Waals surface area contributed by atoms with Gasteiger partial charge in [-0.2, -0.15) is 0 Å². The van der Waals surface area contributed by atoms with Crippen LogP contribution in [-0.4, -0.2) is 10.2 Å². The fraction of sp³-hybridized carbons (Fsp3) is 0.200. The number of aromatic hydroxyl groups is 2. The lowest BCUT2D eigenvalue weighted by molar-refractivity contribution is 0.475. The molecule has 0 fully saturated rings. The van der Waals surface area contributed by atoms with Gasteiger partial charge in [-0.15, -0.1) is 0 Å². The number of halogens is 2. The molecule has 0 unspecified atom stereocenters. The zero-order valence-electron chi connectivity index (χ0n) is 10.4. The van der Waals surface area contributed by atoms with Crippen LogP contribution in [0.5, 0.6) is 11.5 Å². The van der Waals surface area contributed by atoms with Gasteiger partial charge in [0.05, 0.1) is 10.0 Å². The Bertz CT molecular complexity index is 545. The van der Waals surface area contributed by atoms with Gasteiger partial charge in [0.1, 0.15) is 11.5 Å². The van der Waals surface area contributed by atoms with Gasteiger partial charge >= 0.3 is 0 Å². The third-order valence-electron chi connectivity index (χ3n) is 3.16. The summed E-state index contributed by atoms with van der Waals surface area (Å²) in [5.41, 5.74) is 2.01. The second-order valence-electron chi connectivity index (χ2n) is 4.38. The Labute approximate surface area is 122 Å². The molecule has 2 nitrogen and oxygen atoms in total. The van der Waals surface area contributed by atoms with Crippen LogP contribution in [0.2, 0.25) is 10.0 Å². The van der Waals surface area contributed by atoms with Gasteiger partial charge in [0.25, 0.3) is 0 Å². The van der Waals surface area contributed by atoms with Crippen molar-refractivity contribution < 1.29 is 10.2 Å². The van der Waals surface area contributed by atoms with E-state index >= 15 is 0 Å². The molecule has 0 amide bonds. The lowest BCUT2D eigenvalue weighted by atomic mass is 9.89. The molecule has 2 aromatic rings. The van der Waals surface area contributed by atoms with E-state index in [4.69, 9.17) is 23.2 Å². The maximum absolute atomic E-state index is 9.46. The molecular formula is C15H14Cl2O2. The summed E-state index contributed by atoms with van der Waals surface area (Å²) in [7, 11) is 0. The van der Waals surface area contributed by atoms with Crippen molar-refractivity contribution in [3.8, 4) is 11.5 Å². The number of hydrogen-bond donors (Lipinski definition) is 2. The van der Waals surface area contributed by atoms with Crippen molar-refractivity contribution >= 4 is 23.2 Å². The number of benzene rings is 2. The van der Waals surface area contributed by atoms with E-state index in [0.717, 1.165) is 17.5 Å². The summed E-state index contributed by atoms with van der Waals surface area (Å²) in [4.78, 5) is 0. The largest absolute Gasteiger partial charge is 0.506 e. The molecule has 2 rings (SSSR count). The standard InChI is InChI=1S/C15H14Cl2O2/c1-2-11(9-3-5-14(18)12(16)7-9)10-4-6-15(19)13(17)8-10/h3-8,11,18-19H,2H2,1H3. The van der Waals surface area contributed by atoms with Crippen molar-refractivity contribution in [2.45, 2.75) is 19.3 Å². The minimum Gasteiger partial charge on any atom is -0.506 e. The molecule has 0 radical (unpaired) electrons. The summed E-state index contributed by atoms with van der Waals surface area (Å²) in [5.74, 6) is 0.268. The Morgan fingerprint density at radius 2 is 1.32 bits per heavy atom. The van der Waals surface area contributed by atoms with Gasteiger partial charge in [0.15, 0.2) is 0 Å². The molecule has 0 aliphatic heterocycles. The molecule has 4 heteroatoms. The summed E-state index contributed by atoms with van der Waals surface area (Å²) >= 11 is 11.9. The van der Waals surface area contributed by atoms with E-state index in [1.165, 1.54) is 0 Å². The van der Waals surface area contributed by atoms with E-state index in [1.54, 1.807) is 24.3 Å². The van der Waals surface area contributed by atoms with E-state index in [9.17, 15) is 10.2 Å². The average molecular weight is 297 g/mol. The normalized spacial score (nSPS) is 10.9. The van der Waals surface area contributed by atoms with Gasteiger partial charge in [0.2, 0.25) is 0 Å². The van der Waals surface area contributed by atoms with Gasteiger partial charge in [0, 0.05) is 5.92 Å². The van der Waals surface area contributed by atoms with Crippen molar-refractivity contribution in [3.05, 3.63) is 57.6 Å². The van der Waals surface area contributed by atoms with E-state index in [2.05, 4.69) is 6.92 Å². The second kappa shape index (κ2) is 5.72. The first-order valence-corrected chi connectivity index (χ1v) is 6.75. The topological polar surface area (TPSA) is 40.5 Å². The third-order valence-corrected chi connectivity index (χ3v) is 3.76. The Kier molecular flexibility index (Phi) is 4.23. The molecule has 0 aromatic heterocycles. The third kappa shape index (κ3) is 2.96. The number of hydrogen-bond acceptors (Lipinski definition) is 2. The van der Waals surface area contributed by atoms with Crippen LogP contribution in [0, 0.1) is 0 Å². The van der Waals surface area contributed by atoms with Crippen molar-refractivity contribution in [2.24, 2.45) is 0 Å². The van der Waals surface area contributed by atoms with Crippen LogP contribution < -0.4 is 0 Å². The van der Waals surface area contributed by atoms with Crippen molar-refractivity contribution in [1.29, 1.82) is 0 Å². The Morgan fingerprint density at radius 3 is 1.63 bits per heavy atom. The fourth-order valence-electron chi connectivity index (χ4n) is 2.14. The van der Waals surface area contributed by atoms with Crippen LogP contribution in [0.1, 0.15) is 30.4 Å². The van der Waals surface area contributed by atoms with E-state index in [-0.39, 0.29) is 17.4 Å². The smallest absolute Gasteiger partial charge is 0.134 e. The van der Waals surface area contributed by atoms with Gasteiger partial charge in [-0.3, -0.25) is 0 Å². The zero-order valence-corrected chi connectivity index (χ0v) is 11.9. The second-order valence-corrected chi connectivity index (χ2v) is 5.20. The number of phenols is 2. The highest BCUT2D eigenvalue weighted by molar-refractivity contribution is 6.32. The molecule has 0 heterocycles. The lowest BCUT2D eigenvalue weighted by Gasteiger charge is -2.17. The molecule has 0 spiro atoms. The van der Waals surface area contributed by atoms with E-state index in [0.29, 0.717) is 10.0 Å². The Morgan fingerprint density at radius 1 is 0.895 bits per heavy atom.